The van der Waals surface area contributed by atoms with E-state index in [2.05, 4.69) is 5.32 Å². The topological polar surface area (TPSA) is 119 Å². The Labute approximate surface area is 167 Å². The van der Waals surface area contributed by atoms with Crippen LogP contribution in [0.25, 0.3) is 0 Å². The van der Waals surface area contributed by atoms with Crippen molar-refractivity contribution in [3.63, 3.8) is 0 Å². The summed E-state index contributed by atoms with van der Waals surface area (Å²) in [6.45, 7) is -0.165. The van der Waals surface area contributed by atoms with Crippen molar-refractivity contribution in [3.05, 3.63) is 29.8 Å². The third kappa shape index (κ3) is 8.45. The van der Waals surface area contributed by atoms with E-state index in [1.807, 2.05) is 0 Å². The van der Waals surface area contributed by atoms with E-state index in [0.717, 1.165) is 3.93 Å². The molecule has 0 aromatic heterocycles. The number of rotatable bonds is 8. The molecule has 0 fully saturated rings. The number of methoxy groups -OCH3 is 1. The van der Waals surface area contributed by atoms with Gasteiger partial charge in [-0.1, -0.05) is 0 Å². The molecule has 112 valence electrons. The number of carbonyl (C=O) groups is 2. The predicted octanol–water partition coefficient (Wildman–Crippen LogP) is -4.30. The first-order valence-electron chi connectivity index (χ1n) is 6.10. The summed E-state index contributed by atoms with van der Waals surface area (Å²) in [5.74, 6) is -1.43. The zero-order valence-corrected chi connectivity index (χ0v) is 20.3. The minimum atomic E-state index is -1.34. The van der Waals surface area contributed by atoms with Gasteiger partial charge in [0.1, 0.15) is 0 Å². The van der Waals surface area contributed by atoms with Gasteiger partial charge in [0, 0.05) is 0 Å². The Balaban J connectivity index is 0. The molecule has 1 unspecified atom stereocenters. The summed E-state index contributed by atoms with van der Waals surface area (Å²) in [6, 6.07) is 6.47. The molecule has 0 radical (unpaired) electrons. The number of para-hydroxylation sites is 1. The molecule has 1 aromatic rings. The monoisotopic (exact) mass is 508 g/mol. The summed E-state index contributed by atoms with van der Waals surface area (Å²) in [6.07, 6.45) is 0.0265. The molecule has 1 atom stereocenters. The van der Waals surface area contributed by atoms with E-state index in [1.54, 1.807) is 31.4 Å². The molecule has 1 aromatic carbocycles. The second-order valence-electron chi connectivity index (χ2n) is 4.01. The Hall–Kier alpha value is -0.185. The first-order valence-corrected chi connectivity index (χ1v) is 9.99. The molecule has 7 nitrogen and oxygen atoms in total. The minimum Gasteiger partial charge on any atom is -0.412 e. The van der Waals surface area contributed by atoms with Gasteiger partial charge < -0.3 is 5.48 Å². The van der Waals surface area contributed by atoms with Gasteiger partial charge in [-0.05, 0) is 0 Å². The first-order chi connectivity index (χ1) is 9.58. The maximum atomic E-state index is 12.1. The Morgan fingerprint density at radius 1 is 1.36 bits per heavy atom. The number of nitrogens with one attached hydrogen (secondary N) is 1. The Bertz CT molecular complexity index is 470. The summed E-state index contributed by atoms with van der Waals surface area (Å²) in [7, 11) is 1.61. The number of carboxylic acid groups (broad SMARTS) is 1. The van der Waals surface area contributed by atoms with Crippen molar-refractivity contribution in [2.24, 2.45) is 0 Å². The molecule has 0 spiro atoms. The van der Waals surface area contributed by atoms with Crippen molar-refractivity contribution >= 4 is 11.9 Å². The van der Waals surface area contributed by atoms with Crippen LogP contribution in [0.3, 0.4) is 0 Å². The smallest absolute Gasteiger partial charge is 0.412 e. The van der Waals surface area contributed by atoms with Crippen molar-refractivity contribution < 1.29 is 85.3 Å². The SMILES string of the molecule is COC([CH2][Hg+])CNC(=O)c1ccccc1OCC(=O)[O-].O.[Na+]. The van der Waals surface area contributed by atoms with Crippen molar-refractivity contribution in [1.29, 1.82) is 0 Å². The third-order valence-corrected chi connectivity index (χ3v) is 5.13. The number of aliphatic carboxylic acids is 1. The average Bonchev–Trinajstić information content (AvgIpc) is 2.46. The molecule has 9 heteroatoms. The summed E-state index contributed by atoms with van der Waals surface area (Å²) in [5.41, 5.74) is 0.293. The number of carbonyl (C=O) groups excluding carboxylic acids is 2. The largest absolute Gasteiger partial charge is 1.00 e. The Morgan fingerprint density at radius 3 is 2.55 bits per heavy atom. The molecule has 0 saturated heterocycles. The van der Waals surface area contributed by atoms with E-state index in [0.29, 0.717) is 38.2 Å². The summed E-state index contributed by atoms with van der Waals surface area (Å²) >= 11 is 0.598. The van der Waals surface area contributed by atoms with Gasteiger partial charge in [0.05, 0.1) is 0 Å². The summed E-state index contributed by atoms with van der Waals surface area (Å²) < 4.78 is 11.2. The van der Waals surface area contributed by atoms with E-state index in [1.165, 1.54) is 0 Å². The summed E-state index contributed by atoms with van der Waals surface area (Å²) in [5, 5.41) is 13.2. The van der Waals surface area contributed by atoms with Crippen LogP contribution in [0.15, 0.2) is 24.3 Å². The van der Waals surface area contributed by atoms with Gasteiger partial charge in [-0.15, -0.1) is 0 Å². The van der Waals surface area contributed by atoms with E-state index >= 15 is 0 Å². The minimum absolute atomic E-state index is 0. The fourth-order valence-electron chi connectivity index (χ4n) is 1.52. The summed E-state index contributed by atoms with van der Waals surface area (Å²) in [4.78, 5) is 22.5. The van der Waals surface area contributed by atoms with Crippen LogP contribution in [0.4, 0.5) is 0 Å². The van der Waals surface area contributed by atoms with Crippen LogP contribution in [-0.4, -0.2) is 43.7 Å². The second kappa shape index (κ2) is 13.3. The van der Waals surface area contributed by atoms with Crippen LogP contribution in [0.2, 0.25) is 3.93 Å². The first kappa shape index (κ1) is 24.1. The maximum absolute atomic E-state index is 12.1. The molecule has 0 bridgehead atoms. The Morgan fingerprint density at radius 2 is 2.00 bits per heavy atom. The molecule has 1 amide bonds. The van der Waals surface area contributed by atoms with Gasteiger partial charge in [0.15, 0.2) is 0 Å². The number of benzene rings is 1. The zero-order valence-electron chi connectivity index (χ0n) is 12.8. The van der Waals surface area contributed by atoms with Gasteiger partial charge in [-0.25, -0.2) is 0 Å². The molecule has 22 heavy (non-hydrogen) atoms. The molecule has 0 aliphatic carbocycles. The molecule has 1 rings (SSSR count). The molecule has 0 heterocycles. The van der Waals surface area contributed by atoms with Crippen molar-refractivity contribution in [2.75, 3.05) is 20.3 Å². The van der Waals surface area contributed by atoms with Crippen LogP contribution in [-0.2, 0) is 35.7 Å². The molecular weight excluding hydrogens is 490 g/mol. The van der Waals surface area contributed by atoms with Crippen molar-refractivity contribution in [2.45, 2.75) is 10.0 Å². The fraction of sp³-hybridized carbons (Fsp3) is 0.385. The third-order valence-electron chi connectivity index (χ3n) is 2.62. The Kier molecular flexibility index (Phi) is 14.5. The second-order valence-corrected chi connectivity index (χ2v) is 6.26. The van der Waals surface area contributed by atoms with E-state index in [9.17, 15) is 14.7 Å². The number of ether oxygens (including phenoxy) is 2. The van der Waals surface area contributed by atoms with E-state index in [-0.39, 0.29) is 52.8 Å². The van der Waals surface area contributed by atoms with Crippen LogP contribution in [0.5, 0.6) is 5.75 Å². The van der Waals surface area contributed by atoms with Crippen molar-refractivity contribution in [3.8, 4) is 5.75 Å². The predicted molar refractivity (Wildman–Crippen MR) is 68.5 cm³/mol. The number of carboxylic acids is 1. The number of hydrogen-bond donors (Lipinski definition) is 1. The standard InChI is InChI=1S/C13H16NO5.Hg.Na.H2O/c1-9(18-2)7-14-13(17)10-5-3-4-6-11(10)19-8-12(15)16;;;/h3-6,9H,1,7-8H2,2H3,(H,14,17)(H,15,16);;;1H2/q;2*+1;/p-1. The van der Waals surface area contributed by atoms with E-state index < -0.39 is 12.6 Å². The molecular formula is C13H17HgNNaO6+. The average molecular weight is 507 g/mol. The van der Waals surface area contributed by atoms with E-state index in [4.69, 9.17) is 9.47 Å². The van der Waals surface area contributed by atoms with Gasteiger partial charge >= 0.3 is 163 Å². The van der Waals surface area contributed by atoms with Crippen LogP contribution in [0, 0.1) is 0 Å². The number of hydrogen-bond acceptors (Lipinski definition) is 5. The van der Waals surface area contributed by atoms with Crippen molar-refractivity contribution in [1.82, 2.24) is 5.32 Å². The molecule has 3 N–H and O–H groups in total. The van der Waals surface area contributed by atoms with Gasteiger partial charge in [0.25, 0.3) is 0 Å². The van der Waals surface area contributed by atoms with Gasteiger partial charge in [-0.3, -0.25) is 0 Å². The molecule has 0 saturated carbocycles. The molecule has 0 aliphatic rings. The molecule has 0 aliphatic heterocycles. The van der Waals surface area contributed by atoms with Gasteiger partial charge in [-0.2, -0.15) is 0 Å². The normalized spacial score (nSPS) is 10.7. The van der Waals surface area contributed by atoms with Crippen LogP contribution < -0.4 is 44.7 Å². The van der Waals surface area contributed by atoms with Crippen LogP contribution in [0.1, 0.15) is 10.4 Å². The zero-order chi connectivity index (χ0) is 15.0. The fourth-order valence-corrected chi connectivity index (χ4v) is 3.23. The number of amides is 1. The van der Waals surface area contributed by atoms with Gasteiger partial charge in [0.2, 0.25) is 0 Å². The van der Waals surface area contributed by atoms with Crippen LogP contribution >= 0.6 is 0 Å². The maximum Gasteiger partial charge on any atom is 1.00 e. The quantitative estimate of drug-likeness (QED) is 0.358.